The zero-order valence-corrected chi connectivity index (χ0v) is 11.1. The predicted molar refractivity (Wildman–Crippen MR) is 74.2 cm³/mol. The fourth-order valence-electron chi connectivity index (χ4n) is 2.64. The largest absolute Gasteiger partial charge is 0.211 e. The molecule has 19 heavy (non-hydrogen) atoms. The Morgan fingerprint density at radius 2 is 1.89 bits per heavy atom. The third-order valence-corrected chi connectivity index (χ3v) is 3.98. The van der Waals surface area contributed by atoms with Gasteiger partial charge in [-0.1, -0.05) is 24.3 Å². The molecule has 0 saturated heterocycles. The van der Waals surface area contributed by atoms with Crippen molar-refractivity contribution in [1.29, 1.82) is 0 Å². The van der Waals surface area contributed by atoms with Crippen molar-refractivity contribution in [2.75, 3.05) is 0 Å². The fraction of sp³-hybridized carbons (Fsp3) is 0.250. The van der Waals surface area contributed by atoms with Crippen LogP contribution in [-0.4, -0.2) is 5.38 Å². The van der Waals surface area contributed by atoms with Crippen LogP contribution in [0.1, 0.15) is 19.3 Å². The zero-order valence-electron chi connectivity index (χ0n) is 10.3. The van der Waals surface area contributed by atoms with Crippen molar-refractivity contribution in [3.05, 3.63) is 70.4 Å². The molecule has 98 valence electrons. The Labute approximate surface area is 116 Å². The molecule has 0 aromatic heterocycles. The van der Waals surface area contributed by atoms with Gasteiger partial charge in [0.15, 0.2) is 0 Å². The van der Waals surface area contributed by atoms with Crippen LogP contribution in [0.4, 0.5) is 8.78 Å². The summed E-state index contributed by atoms with van der Waals surface area (Å²) in [6.07, 6.45) is 11.9. The van der Waals surface area contributed by atoms with Gasteiger partial charge in [-0.25, -0.2) is 8.78 Å². The minimum Gasteiger partial charge on any atom is -0.211 e. The van der Waals surface area contributed by atoms with E-state index in [1.165, 1.54) is 6.08 Å². The lowest BCUT2D eigenvalue weighted by atomic mass is 9.85. The molecule has 0 aromatic rings. The third-order valence-electron chi connectivity index (χ3n) is 3.58. The highest BCUT2D eigenvalue weighted by Crippen LogP contribution is 2.38. The summed E-state index contributed by atoms with van der Waals surface area (Å²) in [6.45, 7) is 0. The average molecular weight is 279 g/mol. The quantitative estimate of drug-likeness (QED) is 0.533. The Hall–Kier alpha value is -1.41. The van der Waals surface area contributed by atoms with Gasteiger partial charge in [0.2, 0.25) is 0 Å². The van der Waals surface area contributed by atoms with E-state index < -0.39 is 5.38 Å². The summed E-state index contributed by atoms with van der Waals surface area (Å²) in [5.74, 6) is -0.467. The number of hydrogen-bond acceptors (Lipinski definition) is 0. The fourth-order valence-corrected chi connectivity index (χ4v) is 2.97. The van der Waals surface area contributed by atoms with Crippen molar-refractivity contribution in [3.63, 3.8) is 0 Å². The molecule has 0 aliphatic heterocycles. The zero-order chi connectivity index (χ0) is 13.4. The molecule has 3 aliphatic carbocycles. The molecule has 3 rings (SSSR count). The van der Waals surface area contributed by atoms with Gasteiger partial charge >= 0.3 is 0 Å². The van der Waals surface area contributed by atoms with Crippen LogP contribution in [0.15, 0.2) is 70.4 Å². The Balaban J connectivity index is 2.15. The predicted octanol–water partition coefficient (Wildman–Crippen LogP) is 5.22. The van der Waals surface area contributed by atoms with Crippen LogP contribution in [-0.2, 0) is 0 Å². The molecule has 0 radical (unpaired) electrons. The smallest absolute Gasteiger partial charge is 0.127 e. The van der Waals surface area contributed by atoms with Crippen LogP contribution in [0.5, 0.6) is 0 Å². The first-order chi connectivity index (χ1) is 9.16. The van der Waals surface area contributed by atoms with Gasteiger partial charge in [-0.15, -0.1) is 11.6 Å². The SMILES string of the molecule is FC1=C2/C(=C\C3=C(F)CC=C/C3=C/CC2Cl)CC=C1. The highest BCUT2D eigenvalue weighted by Gasteiger charge is 2.25. The Kier molecular flexibility index (Phi) is 3.28. The molecule has 0 N–H and O–H groups in total. The first-order valence-electron chi connectivity index (χ1n) is 6.33. The van der Waals surface area contributed by atoms with Gasteiger partial charge in [0.05, 0.1) is 5.38 Å². The van der Waals surface area contributed by atoms with Crippen LogP contribution in [0.2, 0.25) is 0 Å². The molecule has 3 heteroatoms. The number of allylic oxidation sites excluding steroid dienone is 12. The highest BCUT2D eigenvalue weighted by atomic mass is 35.5. The van der Waals surface area contributed by atoms with Crippen LogP contribution in [0.3, 0.4) is 0 Å². The van der Waals surface area contributed by atoms with Gasteiger partial charge in [-0.2, -0.15) is 0 Å². The molecule has 0 spiro atoms. The second-order valence-electron chi connectivity index (χ2n) is 4.83. The summed E-state index contributed by atoms with van der Waals surface area (Å²) in [5.41, 5.74) is 2.71. The monoisotopic (exact) mass is 278 g/mol. The van der Waals surface area contributed by atoms with E-state index in [9.17, 15) is 8.78 Å². The van der Waals surface area contributed by atoms with E-state index in [2.05, 4.69) is 0 Å². The van der Waals surface area contributed by atoms with Crippen LogP contribution in [0.25, 0.3) is 0 Å². The number of hydrogen-bond donors (Lipinski definition) is 0. The summed E-state index contributed by atoms with van der Waals surface area (Å²) in [6, 6.07) is 0. The molecule has 3 aliphatic rings. The normalized spacial score (nSPS) is 31.8. The van der Waals surface area contributed by atoms with Crippen molar-refractivity contribution >= 4 is 11.6 Å². The summed E-state index contributed by atoms with van der Waals surface area (Å²) in [5, 5.41) is -0.399. The van der Waals surface area contributed by atoms with Gasteiger partial charge in [0.1, 0.15) is 11.7 Å². The van der Waals surface area contributed by atoms with Gasteiger partial charge < -0.3 is 0 Å². The van der Waals surface area contributed by atoms with Crippen molar-refractivity contribution in [2.45, 2.75) is 24.6 Å². The van der Waals surface area contributed by atoms with E-state index in [0.29, 0.717) is 30.4 Å². The molecular formula is C16H13ClF2. The molecule has 0 heterocycles. The van der Waals surface area contributed by atoms with E-state index >= 15 is 0 Å². The minimum absolute atomic E-state index is 0.163. The lowest BCUT2D eigenvalue weighted by Crippen LogP contribution is -2.12. The van der Waals surface area contributed by atoms with Crippen molar-refractivity contribution in [1.82, 2.24) is 0 Å². The number of fused-ring (bicyclic) bond motifs is 2. The Bertz CT molecular complexity index is 600. The van der Waals surface area contributed by atoms with Gasteiger partial charge in [0.25, 0.3) is 0 Å². The van der Waals surface area contributed by atoms with E-state index in [1.54, 1.807) is 18.2 Å². The van der Waals surface area contributed by atoms with Gasteiger partial charge in [-0.3, -0.25) is 0 Å². The number of halogens is 3. The van der Waals surface area contributed by atoms with Gasteiger partial charge in [-0.05, 0) is 36.1 Å². The summed E-state index contributed by atoms with van der Waals surface area (Å²) < 4.78 is 27.9. The molecule has 0 amide bonds. The highest BCUT2D eigenvalue weighted by molar-refractivity contribution is 6.23. The number of rotatable bonds is 0. The molecule has 0 nitrogen and oxygen atoms in total. The van der Waals surface area contributed by atoms with E-state index in [-0.39, 0.29) is 11.7 Å². The maximum atomic E-state index is 14.0. The molecule has 0 saturated carbocycles. The summed E-state index contributed by atoms with van der Waals surface area (Å²) in [4.78, 5) is 0. The van der Waals surface area contributed by atoms with Crippen molar-refractivity contribution < 1.29 is 8.78 Å². The lowest BCUT2D eigenvalue weighted by Gasteiger charge is -2.23. The molecule has 0 fully saturated rings. The molecular weight excluding hydrogens is 266 g/mol. The maximum absolute atomic E-state index is 14.0. The van der Waals surface area contributed by atoms with Crippen molar-refractivity contribution in [2.24, 2.45) is 0 Å². The van der Waals surface area contributed by atoms with Gasteiger partial charge in [0, 0.05) is 17.6 Å². The van der Waals surface area contributed by atoms with E-state index in [1.807, 2.05) is 12.2 Å². The first kappa shape index (κ1) is 12.6. The standard InChI is InChI=1S/C16H13ClF2/c17-13-8-7-10-3-1-5-14(18)12(10)9-11-4-2-6-15(19)16(11)13/h1-3,6-7,9,13H,4-5,8H2/b10-7-,11-9-. The first-order valence-corrected chi connectivity index (χ1v) is 6.77. The van der Waals surface area contributed by atoms with Crippen LogP contribution < -0.4 is 0 Å². The topological polar surface area (TPSA) is 0 Å². The molecule has 0 aromatic carbocycles. The van der Waals surface area contributed by atoms with Crippen molar-refractivity contribution in [3.8, 4) is 0 Å². The minimum atomic E-state index is -0.399. The average Bonchev–Trinajstić information content (AvgIpc) is 2.37. The maximum Gasteiger partial charge on any atom is 0.127 e. The third kappa shape index (κ3) is 2.25. The lowest BCUT2D eigenvalue weighted by molar-refractivity contribution is 0.606. The van der Waals surface area contributed by atoms with Crippen LogP contribution in [0, 0.1) is 0 Å². The molecule has 1 atom stereocenters. The van der Waals surface area contributed by atoms with Crippen LogP contribution >= 0.6 is 11.6 Å². The van der Waals surface area contributed by atoms with E-state index in [4.69, 9.17) is 11.6 Å². The second kappa shape index (κ2) is 4.93. The van der Waals surface area contributed by atoms with E-state index in [0.717, 1.165) is 11.1 Å². The Morgan fingerprint density at radius 1 is 1.11 bits per heavy atom. The summed E-state index contributed by atoms with van der Waals surface area (Å²) >= 11 is 6.28. The number of alkyl halides is 1. The Morgan fingerprint density at radius 3 is 2.74 bits per heavy atom. The summed E-state index contributed by atoms with van der Waals surface area (Å²) in [7, 11) is 0. The second-order valence-corrected chi connectivity index (χ2v) is 5.35. The molecule has 0 bridgehead atoms. The molecule has 1 unspecified atom stereocenters.